The highest BCUT2D eigenvalue weighted by Crippen LogP contribution is 2.36. The second-order valence-electron chi connectivity index (χ2n) is 8.48. The normalized spacial score (nSPS) is 11.7. The number of benzene rings is 3. The van der Waals surface area contributed by atoms with E-state index < -0.39 is 0 Å². The van der Waals surface area contributed by atoms with Gasteiger partial charge in [-0.15, -0.1) is 12.4 Å². The van der Waals surface area contributed by atoms with E-state index in [1.54, 1.807) is 14.2 Å². The van der Waals surface area contributed by atoms with Crippen LogP contribution in [0, 0.1) is 0 Å². The van der Waals surface area contributed by atoms with E-state index in [2.05, 4.69) is 47.5 Å². The number of halogens is 1. The van der Waals surface area contributed by atoms with Crippen LogP contribution < -0.4 is 14.8 Å². The molecule has 0 radical (unpaired) electrons. The summed E-state index contributed by atoms with van der Waals surface area (Å²) in [6.45, 7) is 4.12. The third-order valence-electron chi connectivity index (χ3n) is 6.13. The zero-order valence-corrected chi connectivity index (χ0v) is 21.4. The Morgan fingerprint density at radius 1 is 0.943 bits per heavy atom. The van der Waals surface area contributed by atoms with E-state index in [0.29, 0.717) is 5.56 Å². The highest BCUT2D eigenvalue weighted by atomic mass is 35.5. The minimum atomic E-state index is -0.0925. The molecule has 0 fully saturated rings. The molecule has 0 heterocycles. The van der Waals surface area contributed by atoms with E-state index in [0.717, 1.165) is 49.5 Å². The zero-order chi connectivity index (χ0) is 23.9. The van der Waals surface area contributed by atoms with Crippen LogP contribution in [0.3, 0.4) is 0 Å². The number of amides is 1. The SMILES string of the molecule is CCCN(CCc1cccc(NC(=O)c2ccccc2)c1)C1=Cc2cc(OC)c(OC)cc2C1.Cl. The number of hydrogen-bond donors (Lipinski definition) is 1. The smallest absolute Gasteiger partial charge is 0.255 e. The van der Waals surface area contributed by atoms with Crippen molar-refractivity contribution in [3.8, 4) is 11.5 Å². The number of anilines is 1. The van der Waals surface area contributed by atoms with Crippen LogP contribution in [-0.2, 0) is 12.8 Å². The molecule has 3 aromatic rings. The van der Waals surface area contributed by atoms with Crippen LogP contribution in [0.5, 0.6) is 11.5 Å². The molecule has 0 atom stereocenters. The van der Waals surface area contributed by atoms with Gasteiger partial charge in [0.15, 0.2) is 11.5 Å². The van der Waals surface area contributed by atoms with Crippen molar-refractivity contribution >= 4 is 30.1 Å². The van der Waals surface area contributed by atoms with E-state index in [1.807, 2.05) is 42.5 Å². The Labute approximate surface area is 214 Å². The molecule has 0 spiro atoms. The van der Waals surface area contributed by atoms with Gasteiger partial charge in [0.2, 0.25) is 0 Å². The number of carbonyl (C=O) groups is 1. The first-order valence-corrected chi connectivity index (χ1v) is 11.8. The molecule has 1 aliphatic rings. The summed E-state index contributed by atoms with van der Waals surface area (Å²) in [6.07, 6.45) is 5.13. The quantitative estimate of drug-likeness (QED) is 0.364. The first kappa shape index (κ1) is 26.2. The lowest BCUT2D eigenvalue weighted by molar-refractivity contribution is 0.102. The molecule has 4 rings (SSSR count). The largest absolute Gasteiger partial charge is 0.493 e. The van der Waals surface area contributed by atoms with Crippen LogP contribution in [0.4, 0.5) is 5.69 Å². The number of ether oxygens (including phenoxy) is 2. The van der Waals surface area contributed by atoms with Gasteiger partial charge in [0.25, 0.3) is 5.91 Å². The molecule has 0 aliphatic heterocycles. The minimum Gasteiger partial charge on any atom is -0.493 e. The van der Waals surface area contributed by atoms with Crippen molar-refractivity contribution in [3.63, 3.8) is 0 Å². The van der Waals surface area contributed by atoms with Gasteiger partial charge in [0.05, 0.1) is 14.2 Å². The summed E-state index contributed by atoms with van der Waals surface area (Å²) >= 11 is 0. The standard InChI is InChI=1S/C29H32N2O3.ClH/c1-4-14-31(26-17-23-19-27(33-2)28(34-3)20-24(23)18-26)15-13-21-9-8-12-25(16-21)30-29(32)22-10-6-5-7-11-22;/h5-12,16-17,19-20H,4,13-15,18H2,1-3H3,(H,30,32);1H. The van der Waals surface area contributed by atoms with Crippen LogP contribution >= 0.6 is 12.4 Å². The van der Waals surface area contributed by atoms with Gasteiger partial charge < -0.3 is 19.7 Å². The van der Waals surface area contributed by atoms with Crippen LogP contribution in [0.2, 0.25) is 0 Å². The summed E-state index contributed by atoms with van der Waals surface area (Å²) in [5.74, 6) is 1.44. The van der Waals surface area contributed by atoms with E-state index in [1.165, 1.54) is 22.4 Å². The van der Waals surface area contributed by atoms with Gasteiger partial charge >= 0.3 is 0 Å². The van der Waals surface area contributed by atoms with Crippen LogP contribution in [0.15, 0.2) is 72.4 Å². The molecule has 1 amide bonds. The number of fused-ring (bicyclic) bond motifs is 1. The van der Waals surface area contributed by atoms with Crippen molar-refractivity contribution in [2.75, 3.05) is 32.6 Å². The Balaban J connectivity index is 0.00000342. The lowest BCUT2D eigenvalue weighted by Gasteiger charge is -2.26. The Bertz CT molecular complexity index is 1180. The van der Waals surface area contributed by atoms with Crippen molar-refractivity contribution in [1.82, 2.24) is 4.90 Å². The predicted molar refractivity (Wildman–Crippen MR) is 145 cm³/mol. The topological polar surface area (TPSA) is 50.8 Å². The maximum Gasteiger partial charge on any atom is 0.255 e. The predicted octanol–water partition coefficient (Wildman–Crippen LogP) is 6.23. The number of methoxy groups -OCH3 is 2. The van der Waals surface area contributed by atoms with Crippen molar-refractivity contribution in [1.29, 1.82) is 0 Å². The molecule has 0 saturated heterocycles. The lowest BCUT2D eigenvalue weighted by atomic mass is 10.1. The van der Waals surface area contributed by atoms with E-state index in [4.69, 9.17) is 9.47 Å². The summed E-state index contributed by atoms with van der Waals surface area (Å²) in [6, 6.07) is 21.6. The highest BCUT2D eigenvalue weighted by molar-refractivity contribution is 6.04. The summed E-state index contributed by atoms with van der Waals surface area (Å²) in [4.78, 5) is 15.0. The van der Waals surface area contributed by atoms with Crippen molar-refractivity contribution in [3.05, 3.63) is 94.7 Å². The maximum absolute atomic E-state index is 12.5. The maximum atomic E-state index is 12.5. The molecular formula is C29H33ClN2O3. The molecule has 0 bridgehead atoms. The number of allylic oxidation sites excluding steroid dienone is 1. The Kier molecular flexibility index (Phi) is 9.21. The number of carbonyl (C=O) groups excluding carboxylic acids is 1. The first-order valence-electron chi connectivity index (χ1n) is 11.8. The van der Waals surface area contributed by atoms with Gasteiger partial charge in [0, 0.05) is 36.5 Å². The van der Waals surface area contributed by atoms with Crippen LogP contribution in [-0.4, -0.2) is 38.1 Å². The Morgan fingerprint density at radius 3 is 2.40 bits per heavy atom. The Morgan fingerprint density at radius 2 is 1.69 bits per heavy atom. The zero-order valence-electron chi connectivity index (χ0n) is 20.5. The summed E-state index contributed by atoms with van der Waals surface area (Å²) in [5, 5.41) is 3.01. The number of rotatable bonds is 10. The molecule has 0 aromatic heterocycles. The van der Waals surface area contributed by atoms with Gasteiger partial charge in [-0.1, -0.05) is 37.3 Å². The van der Waals surface area contributed by atoms with Gasteiger partial charge in [-0.25, -0.2) is 0 Å². The molecule has 1 aliphatic carbocycles. The van der Waals surface area contributed by atoms with Crippen molar-refractivity contribution < 1.29 is 14.3 Å². The van der Waals surface area contributed by atoms with E-state index in [-0.39, 0.29) is 18.3 Å². The van der Waals surface area contributed by atoms with Crippen LogP contribution in [0.1, 0.15) is 40.4 Å². The molecule has 3 aromatic carbocycles. The summed E-state index contributed by atoms with van der Waals surface area (Å²) in [5.41, 5.74) is 6.45. The van der Waals surface area contributed by atoms with Crippen LogP contribution in [0.25, 0.3) is 6.08 Å². The third-order valence-corrected chi connectivity index (χ3v) is 6.13. The fraction of sp³-hybridized carbons (Fsp3) is 0.276. The van der Waals surface area contributed by atoms with Gasteiger partial charge in [-0.3, -0.25) is 4.79 Å². The summed E-state index contributed by atoms with van der Waals surface area (Å²) in [7, 11) is 3.34. The molecule has 0 unspecified atom stereocenters. The first-order chi connectivity index (χ1) is 16.6. The van der Waals surface area contributed by atoms with Gasteiger partial charge in [-0.2, -0.15) is 0 Å². The van der Waals surface area contributed by atoms with Gasteiger partial charge in [0.1, 0.15) is 0 Å². The molecule has 5 nitrogen and oxygen atoms in total. The van der Waals surface area contributed by atoms with E-state index in [9.17, 15) is 4.79 Å². The molecular weight excluding hydrogens is 460 g/mol. The fourth-order valence-electron chi connectivity index (χ4n) is 4.38. The highest BCUT2D eigenvalue weighted by Gasteiger charge is 2.20. The molecule has 0 saturated carbocycles. The second kappa shape index (κ2) is 12.3. The average Bonchev–Trinajstić information content (AvgIpc) is 3.29. The minimum absolute atomic E-state index is 0. The van der Waals surface area contributed by atoms with Crippen molar-refractivity contribution in [2.45, 2.75) is 26.2 Å². The fourth-order valence-corrected chi connectivity index (χ4v) is 4.38. The Hall–Kier alpha value is -3.44. The van der Waals surface area contributed by atoms with Crippen molar-refractivity contribution in [2.24, 2.45) is 0 Å². The molecule has 6 heteroatoms. The lowest BCUT2D eigenvalue weighted by Crippen LogP contribution is -2.26. The number of hydrogen-bond acceptors (Lipinski definition) is 4. The van der Waals surface area contributed by atoms with E-state index >= 15 is 0 Å². The monoisotopic (exact) mass is 492 g/mol. The second-order valence-corrected chi connectivity index (χ2v) is 8.48. The molecule has 1 N–H and O–H groups in total. The molecule has 184 valence electrons. The molecule has 35 heavy (non-hydrogen) atoms. The van der Waals surface area contributed by atoms with Gasteiger partial charge in [-0.05, 0) is 72.0 Å². The third kappa shape index (κ3) is 6.37. The average molecular weight is 493 g/mol. The summed E-state index contributed by atoms with van der Waals surface area (Å²) < 4.78 is 11.0. The number of nitrogens with one attached hydrogen (secondary N) is 1. The number of nitrogens with zero attached hydrogens (tertiary/aromatic N) is 1.